The van der Waals surface area contributed by atoms with E-state index in [-0.39, 0.29) is 0 Å². The number of aromatic nitrogens is 3. The van der Waals surface area contributed by atoms with Gasteiger partial charge in [-0.1, -0.05) is 56.0 Å². The molecule has 2 aromatic heterocycles. The SMILES string of the molecule is C[Si](C)(C)CCOCn1nc(-c2ccccc2)c2cc(-c3ccncc3)ccc21. The molecule has 2 heterocycles. The molecule has 0 atom stereocenters. The fraction of sp³-hybridized carbons (Fsp3) is 0.250. The predicted molar refractivity (Wildman–Crippen MR) is 123 cm³/mol. The molecule has 0 fully saturated rings. The monoisotopic (exact) mass is 401 g/mol. The fourth-order valence-corrected chi connectivity index (χ4v) is 4.10. The second kappa shape index (κ2) is 8.31. The minimum Gasteiger partial charge on any atom is -0.360 e. The molecule has 0 radical (unpaired) electrons. The molecular weight excluding hydrogens is 374 g/mol. The smallest absolute Gasteiger partial charge is 0.140 e. The molecule has 0 aliphatic carbocycles. The van der Waals surface area contributed by atoms with Crippen molar-refractivity contribution in [2.45, 2.75) is 32.4 Å². The van der Waals surface area contributed by atoms with Crippen LogP contribution in [0.25, 0.3) is 33.3 Å². The van der Waals surface area contributed by atoms with Crippen LogP contribution in [0, 0.1) is 0 Å². The van der Waals surface area contributed by atoms with E-state index < -0.39 is 8.07 Å². The Bertz CT molecular complexity index is 1090. The maximum absolute atomic E-state index is 5.99. The summed E-state index contributed by atoms with van der Waals surface area (Å²) in [4.78, 5) is 4.13. The Kier molecular flexibility index (Phi) is 5.60. The molecule has 4 rings (SSSR count). The van der Waals surface area contributed by atoms with Crippen LogP contribution in [0.5, 0.6) is 0 Å². The molecule has 0 saturated heterocycles. The highest BCUT2D eigenvalue weighted by molar-refractivity contribution is 6.76. The zero-order valence-corrected chi connectivity index (χ0v) is 18.3. The topological polar surface area (TPSA) is 39.9 Å². The van der Waals surface area contributed by atoms with E-state index in [1.807, 2.05) is 35.3 Å². The summed E-state index contributed by atoms with van der Waals surface area (Å²) < 4.78 is 7.98. The van der Waals surface area contributed by atoms with E-state index in [9.17, 15) is 0 Å². The minimum atomic E-state index is -1.10. The lowest BCUT2D eigenvalue weighted by Gasteiger charge is -2.15. The average Bonchev–Trinajstić information content (AvgIpc) is 3.10. The van der Waals surface area contributed by atoms with Crippen molar-refractivity contribution in [1.29, 1.82) is 0 Å². The van der Waals surface area contributed by atoms with Crippen molar-refractivity contribution in [1.82, 2.24) is 14.8 Å². The van der Waals surface area contributed by atoms with Crippen LogP contribution < -0.4 is 0 Å². The van der Waals surface area contributed by atoms with Crippen molar-refractivity contribution >= 4 is 19.0 Å². The molecule has 0 unspecified atom stereocenters. The second-order valence-corrected chi connectivity index (χ2v) is 14.2. The molecule has 2 aromatic carbocycles. The highest BCUT2D eigenvalue weighted by Crippen LogP contribution is 2.31. The molecular formula is C24H27N3OSi. The molecule has 0 spiro atoms. The van der Waals surface area contributed by atoms with E-state index in [1.54, 1.807) is 0 Å². The zero-order valence-electron chi connectivity index (χ0n) is 17.3. The van der Waals surface area contributed by atoms with Gasteiger partial charge in [-0.25, -0.2) is 4.68 Å². The highest BCUT2D eigenvalue weighted by atomic mass is 28.3. The number of rotatable bonds is 7. The standard InChI is InChI=1S/C24H27N3OSi/c1-29(2,3)16-15-28-18-27-23-10-9-21(19-11-13-25-14-12-19)17-22(23)24(26-27)20-7-5-4-6-8-20/h4-14,17H,15-16,18H2,1-3H3. The van der Waals surface area contributed by atoms with E-state index in [0.717, 1.165) is 45.9 Å². The molecule has 4 aromatic rings. The van der Waals surface area contributed by atoms with Crippen LogP contribution in [-0.2, 0) is 11.5 Å². The molecule has 0 amide bonds. The third kappa shape index (κ3) is 4.63. The molecule has 0 bridgehead atoms. The quantitative estimate of drug-likeness (QED) is 0.278. The van der Waals surface area contributed by atoms with Gasteiger partial charge in [-0.15, -0.1) is 0 Å². The van der Waals surface area contributed by atoms with Gasteiger partial charge in [0.2, 0.25) is 0 Å². The number of hydrogen-bond acceptors (Lipinski definition) is 3. The van der Waals surface area contributed by atoms with E-state index >= 15 is 0 Å². The molecule has 4 nitrogen and oxygen atoms in total. The van der Waals surface area contributed by atoms with Crippen LogP contribution in [-0.4, -0.2) is 29.4 Å². The van der Waals surface area contributed by atoms with Crippen LogP contribution in [0.15, 0.2) is 73.1 Å². The maximum atomic E-state index is 5.99. The molecule has 29 heavy (non-hydrogen) atoms. The third-order valence-electron chi connectivity index (χ3n) is 5.02. The van der Waals surface area contributed by atoms with Gasteiger partial charge in [-0.3, -0.25) is 4.98 Å². The summed E-state index contributed by atoms with van der Waals surface area (Å²) in [7, 11) is -1.10. The Morgan fingerprint density at radius 2 is 1.62 bits per heavy atom. The van der Waals surface area contributed by atoms with E-state index in [4.69, 9.17) is 9.84 Å². The summed E-state index contributed by atoms with van der Waals surface area (Å²) in [6, 6.07) is 22.1. The Hall–Kier alpha value is -2.76. The van der Waals surface area contributed by atoms with Crippen molar-refractivity contribution in [2.75, 3.05) is 6.61 Å². The van der Waals surface area contributed by atoms with Crippen molar-refractivity contribution in [3.63, 3.8) is 0 Å². The average molecular weight is 402 g/mol. The lowest BCUT2D eigenvalue weighted by atomic mass is 10.0. The van der Waals surface area contributed by atoms with Crippen LogP contribution in [0.1, 0.15) is 0 Å². The first kappa shape index (κ1) is 19.5. The summed E-state index contributed by atoms with van der Waals surface area (Å²) >= 11 is 0. The second-order valence-electron chi connectivity index (χ2n) is 8.53. The Labute approximate surface area is 173 Å². The first-order chi connectivity index (χ1) is 14.0. The Morgan fingerprint density at radius 3 is 2.34 bits per heavy atom. The van der Waals surface area contributed by atoms with Gasteiger partial charge in [0.05, 0.1) is 5.52 Å². The molecule has 0 saturated carbocycles. The number of benzene rings is 2. The third-order valence-corrected chi connectivity index (χ3v) is 6.73. The normalized spacial score (nSPS) is 11.8. The van der Waals surface area contributed by atoms with Crippen LogP contribution in [0.3, 0.4) is 0 Å². The van der Waals surface area contributed by atoms with Gasteiger partial charge >= 0.3 is 0 Å². The molecule has 0 N–H and O–H groups in total. The van der Waals surface area contributed by atoms with Gasteiger partial charge in [0.25, 0.3) is 0 Å². The number of pyridine rings is 1. The van der Waals surface area contributed by atoms with Crippen molar-refractivity contribution < 1.29 is 4.74 Å². The van der Waals surface area contributed by atoms with Crippen molar-refractivity contribution in [3.8, 4) is 22.4 Å². The lowest BCUT2D eigenvalue weighted by molar-refractivity contribution is 0.0818. The van der Waals surface area contributed by atoms with E-state index in [0.29, 0.717) is 6.73 Å². The van der Waals surface area contributed by atoms with Gasteiger partial charge < -0.3 is 4.74 Å². The highest BCUT2D eigenvalue weighted by Gasteiger charge is 2.15. The Morgan fingerprint density at radius 1 is 0.862 bits per heavy atom. The zero-order chi connectivity index (χ0) is 20.3. The van der Waals surface area contributed by atoms with E-state index in [2.05, 4.69) is 67.1 Å². The number of fused-ring (bicyclic) bond motifs is 1. The molecule has 0 aliphatic rings. The van der Waals surface area contributed by atoms with Crippen LogP contribution >= 0.6 is 0 Å². The number of hydrogen-bond donors (Lipinski definition) is 0. The van der Waals surface area contributed by atoms with Gasteiger partial charge in [0, 0.05) is 38.0 Å². The predicted octanol–water partition coefficient (Wildman–Crippen LogP) is 6.08. The lowest BCUT2D eigenvalue weighted by Crippen LogP contribution is -2.22. The van der Waals surface area contributed by atoms with Crippen LogP contribution in [0.2, 0.25) is 25.7 Å². The first-order valence-electron chi connectivity index (χ1n) is 10.1. The van der Waals surface area contributed by atoms with Crippen LogP contribution in [0.4, 0.5) is 0 Å². The number of ether oxygens (including phenoxy) is 1. The summed E-state index contributed by atoms with van der Waals surface area (Å²) in [6.45, 7) is 8.37. The summed E-state index contributed by atoms with van der Waals surface area (Å²) in [5.41, 5.74) is 5.52. The first-order valence-corrected chi connectivity index (χ1v) is 13.8. The van der Waals surface area contributed by atoms with Crippen molar-refractivity contribution in [3.05, 3.63) is 73.1 Å². The van der Waals surface area contributed by atoms with Gasteiger partial charge in [0.1, 0.15) is 12.4 Å². The molecule has 148 valence electrons. The van der Waals surface area contributed by atoms with Gasteiger partial charge in [0.15, 0.2) is 0 Å². The number of nitrogens with zero attached hydrogens (tertiary/aromatic N) is 3. The maximum Gasteiger partial charge on any atom is 0.140 e. The van der Waals surface area contributed by atoms with Gasteiger partial charge in [-0.2, -0.15) is 5.10 Å². The van der Waals surface area contributed by atoms with E-state index in [1.165, 1.54) is 0 Å². The summed E-state index contributed by atoms with van der Waals surface area (Å²) in [6.07, 6.45) is 3.65. The summed E-state index contributed by atoms with van der Waals surface area (Å²) in [5.74, 6) is 0. The summed E-state index contributed by atoms with van der Waals surface area (Å²) in [5, 5.41) is 6.06. The fourth-order valence-electron chi connectivity index (χ4n) is 3.34. The van der Waals surface area contributed by atoms with Gasteiger partial charge in [-0.05, 0) is 41.4 Å². The molecule has 0 aliphatic heterocycles. The van der Waals surface area contributed by atoms with Crippen molar-refractivity contribution in [2.24, 2.45) is 0 Å². The molecule has 5 heteroatoms. The minimum absolute atomic E-state index is 0.475. The Balaban J connectivity index is 1.71. The largest absolute Gasteiger partial charge is 0.360 e.